The Labute approximate surface area is 197 Å². The summed E-state index contributed by atoms with van der Waals surface area (Å²) in [7, 11) is 0. The first-order valence-electron chi connectivity index (χ1n) is 13.5. The lowest BCUT2D eigenvalue weighted by atomic mass is 9.48. The maximum Gasteiger partial charge on any atom is 0.157 e. The molecule has 4 saturated carbocycles. The number of hydrogen-bond acceptors (Lipinski definition) is 4. The molecule has 4 fully saturated rings. The maximum absolute atomic E-state index is 13.6. The summed E-state index contributed by atoms with van der Waals surface area (Å²) >= 11 is 0. The average Bonchev–Trinajstić information content (AvgIpc) is 3.39. The lowest BCUT2D eigenvalue weighted by Crippen LogP contribution is -2.51. The molecule has 6 rings (SSSR count). The van der Waals surface area contributed by atoms with E-state index in [0.29, 0.717) is 24.2 Å². The molecule has 0 aliphatic heterocycles. The topological polar surface area (TPSA) is 68.0 Å². The monoisotopic (exact) mass is 449 g/mol. The van der Waals surface area contributed by atoms with Crippen molar-refractivity contribution < 1.29 is 9.90 Å². The summed E-state index contributed by atoms with van der Waals surface area (Å²) in [5.41, 5.74) is 1.55. The van der Waals surface area contributed by atoms with E-state index < -0.39 is 5.60 Å². The molecular weight excluding hydrogens is 410 g/mol. The fourth-order valence-electron chi connectivity index (χ4n) is 9.10. The first-order chi connectivity index (χ1) is 15.9. The van der Waals surface area contributed by atoms with Crippen molar-refractivity contribution in [2.75, 3.05) is 0 Å². The van der Waals surface area contributed by atoms with E-state index in [-0.39, 0.29) is 11.3 Å². The molecule has 0 spiro atoms. The number of nitrogens with zero attached hydrogens (tertiary/aromatic N) is 3. The van der Waals surface area contributed by atoms with E-state index in [0.717, 1.165) is 54.5 Å². The summed E-state index contributed by atoms with van der Waals surface area (Å²) in [6.07, 6.45) is 11.4. The molecule has 4 aliphatic rings. The van der Waals surface area contributed by atoms with Crippen LogP contribution in [-0.2, 0) is 11.3 Å². The van der Waals surface area contributed by atoms with Crippen LogP contribution in [0.15, 0.2) is 24.3 Å². The van der Waals surface area contributed by atoms with Gasteiger partial charge in [-0.1, -0.05) is 31.2 Å². The standard InChI is InChI=1S/C28H39N3O2/c1-3-28(33)15-13-19-18(16-28)8-9-21-20(19)12-14-27(2)22(21)10-11-23(27)26(32)17-31-25-7-5-4-6-24(25)29-30-31/h4-7,18-23,33H,3,8-17H2,1-2H3/t18-,19?,20+,21?,22-,23+,27-,28+/m0/s1. The Morgan fingerprint density at radius 3 is 2.73 bits per heavy atom. The van der Waals surface area contributed by atoms with E-state index in [1.807, 2.05) is 28.9 Å². The second-order valence-electron chi connectivity index (χ2n) is 12.1. The van der Waals surface area contributed by atoms with Crippen LogP contribution < -0.4 is 0 Å². The number of carbonyl (C=O) groups excluding carboxylic acids is 1. The van der Waals surface area contributed by atoms with E-state index in [9.17, 15) is 9.90 Å². The van der Waals surface area contributed by atoms with E-state index in [2.05, 4.69) is 24.2 Å². The molecule has 178 valence electrons. The summed E-state index contributed by atoms with van der Waals surface area (Å²) < 4.78 is 1.81. The molecule has 1 N–H and O–H groups in total. The second kappa shape index (κ2) is 7.90. The van der Waals surface area contributed by atoms with Crippen LogP contribution in [-0.4, -0.2) is 31.5 Å². The van der Waals surface area contributed by atoms with Gasteiger partial charge in [0.2, 0.25) is 0 Å². The molecule has 33 heavy (non-hydrogen) atoms. The van der Waals surface area contributed by atoms with Crippen molar-refractivity contribution in [3.05, 3.63) is 24.3 Å². The van der Waals surface area contributed by atoms with Gasteiger partial charge in [-0.15, -0.1) is 5.10 Å². The number of Topliss-reactive ketones (excluding diaryl/α,β-unsaturated/α-hetero) is 1. The van der Waals surface area contributed by atoms with Crippen LogP contribution in [0.5, 0.6) is 0 Å². The minimum Gasteiger partial charge on any atom is -0.390 e. The SMILES string of the molecule is CC[C@@]1(O)CCC2[C@@H](CCC3[C@@H]2CC[C@]2(C)[C@@H](C(=O)Cn4nnc5ccccc54)CC[C@@H]32)C1. The van der Waals surface area contributed by atoms with Crippen LogP contribution in [0.3, 0.4) is 0 Å². The number of benzene rings is 1. The van der Waals surface area contributed by atoms with Gasteiger partial charge < -0.3 is 5.11 Å². The van der Waals surface area contributed by atoms with Gasteiger partial charge in [-0.05, 0) is 111 Å². The number of ketones is 1. The number of para-hydroxylation sites is 1. The normalized spacial score (nSPS) is 42.5. The third kappa shape index (κ3) is 3.40. The zero-order valence-corrected chi connectivity index (χ0v) is 20.2. The minimum absolute atomic E-state index is 0.139. The molecular formula is C28H39N3O2. The van der Waals surface area contributed by atoms with Gasteiger partial charge in [0.1, 0.15) is 12.1 Å². The van der Waals surface area contributed by atoms with Crippen molar-refractivity contribution >= 4 is 16.8 Å². The maximum atomic E-state index is 13.6. The zero-order valence-electron chi connectivity index (χ0n) is 20.2. The summed E-state index contributed by atoms with van der Waals surface area (Å²) in [6.45, 7) is 4.93. The van der Waals surface area contributed by atoms with E-state index in [4.69, 9.17) is 0 Å². The highest BCUT2D eigenvalue weighted by atomic mass is 16.3. The van der Waals surface area contributed by atoms with Crippen molar-refractivity contribution in [1.29, 1.82) is 0 Å². The number of carbonyl (C=O) groups is 1. The van der Waals surface area contributed by atoms with Gasteiger partial charge in [-0.2, -0.15) is 0 Å². The van der Waals surface area contributed by atoms with Gasteiger partial charge in [0, 0.05) is 5.92 Å². The van der Waals surface area contributed by atoms with Crippen LogP contribution in [0.25, 0.3) is 11.0 Å². The molecule has 0 bridgehead atoms. The van der Waals surface area contributed by atoms with Crippen molar-refractivity contribution in [3.8, 4) is 0 Å². The molecule has 2 unspecified atom stereocenters. The summed E-state index contributed by atoms with van der Waals surface area (Å²) in [4.78, 5) is 13.6. The van der Waals surface area contributed by atoms with Crippen LogP contribution in [0.2, 0.25) is 0 Å². The number of hydrogen-bond donors (Lipinski definition) is 1. The highest BCUT2D eigenvalue weighted by Gasteiger charge is 2.58. The summed E-state index contributed by atoms with van der Waals surface area (Å²) in [6, 6.07) is 7.92. The Bertz CT molecular complexity index is 1050. The predicted octanol–water partition coefficient (Wildman–Crippen LogP) is 5.41. The quantitative estimate of drug-likeness (QED) is 0.678. The smallest absolute Gasteiger partial charge is 0.157 e. The van der Waals surface area contributed by atoms with Crippen LogP contribution in [0.4, 0.5) is 0 Å². The fourth-order valence-corrected chi connectivity index (χ4v) is 9.10. The first-order valence-corrected chi connectivity index (χ1v) is 13.5. The van der Waals surface area contributed by atoms with Crippen LogP contribution in [0.1, 0.15) is 78.1 Å². The molecule has 8 atom stereocenters. The second-order valence-corrected chi connectivity index (χ2v) is 12.1. The van der Waals surface area contributed by atoms with Gasteiger partial charge in [0.25, 0.3) is 0 Å². The van der Waals surface area contributed by atoms with Crippen LogP contribution in [0, 0.1) is 40.9 Å². The lowest BCUT2D eigenvalue weighted by molar-refractivity contribution is -0.133. The predicted molar refractivity (Wildman–Crippen MR) is 128 cm³/mol. The zero-order chi connectivity index (χ0) is 22.8. The highest BCUT2D eigenvalue weighted by molar-refractivity contribution is 5.84. The molecule has 1 heterocycles. The van der Waals surface area contributed by atoms with Crippen molar-refractivity contribution in [1.82, 2.24) is 15.0 Å². The van der Waals surface area contributed by atoms with Gasteiger partial charge in [0.15, 0.2) is 5.78 Å². The Balaban J connectivity index is 1.19. The summed E-state index contributed by atoms with van der Waals surface area (Å²) in [5, 5.41) is 19.5. The Hall–Kier alpha value is -1.75. The van der Waals surface area contributed by atoms with E-state index in [1.54, 1.807) is 0 Å². The summed E-state index contributed by atoms with van der Waals surface area (Å²) in [5.74, 6) is 4.31. The molecule has 0 saturated heterocycles. The number of aromatic nitrogens is 3. The molecule has 0 amide bonds. The van der Waals surface area contributed by atoms with E-state index >= 15 is 0 Å². The highest BCUT2D eigenvalue weighted by Crippen LogP contribution is 2.64. The third-order valence-electron chi connectivity index (χ3n) is 10.9. The molecule has 2 aromatic rings. The molecule has 1 aromatic heterocycles. The van der Waals surface area contributed by atoms with Crippen molar-refractivity contribution in [3.63, 3.8) is 0 Å². The van der Waals surface area contributed by atoms with Gasteiger partial charge in [-0.25, -0.2) is 4.68 Å². The van der Waals surface area contributed by atoms with Crippen molar-refractivity contribution in [2.45, 2.75) is 90.2 Å². The van der Waals surface area contributed by atoms with Gasteiger partial charge in [-0.3, -0.25) is 4.79 Å². The molecule has 4 aliphatic carbocycles. The third-order valence-corrected chi connectivity index (χ3v) is 10.9. The fraction of sp³-hybridized carbons (Fsp3) is 0.750. The lowest BCUT2D eigenvalue weighted by Gasteiger charge is -2.57. The number of rotatable bonds is 4. The Morgan fingerprint density at radius 1 is 1.06 bits per heavy atom. The number of fused-ring (bicyclic) bond motifs is 6. The van der Waals surface area contributed by atoms with Gasteiger partial charge >= 0.3 is 0 Å². The largest absolute Gasteiger partial charge is 0.390 e. The van der Waals surface area contributed by atoms with E-state index in [1.165, 1.54) is 38.5 Å². The molecule has 0 radical (unpaired) electrons. The molecule has 1 aromatic carbocycles. The molecule has 5 heteroatoms. The van der Waals surface area contributed by atoms with Gasteiger partial charge in [0.05, 0.1) is 11.1 Å². The first kappa shape index (κ1) is 21.8. The average molecular weight is 450 g/mol. The molecule has 5 nitrogen and oxygen atoms in total. The number of aliphatic hydroxyl groups is 1. The van der Waals surface area contributed by atoms with Crippen molar-refractivity contribution in [2.24, 2.45) is 40.9 Å². The minimum atomic E-state index is -0.409. The van der Waals surface area contributed by atoms with Crippen LogP contribution >= 0.6 is 0 Å². The Kier molecular flexibility index (Phi) is 5.21. The Morgan fingerprint density at radius 2 is 1.88 bits per heavy atom.